The predicted molar refractivity (Wildman–Crippen MR) is 154 cm³/mol. The summed E-state index contributed by atoms with van der Waals surface area (Å²) < 4.78 is 0.479. The number of amides is 3. The summed E-state index contributed by atoms with van der Waals surface area (Å²) in [5.41, 5.74) is 3.97. The Hall–Kier alpha value is -3.74. The van der Waals surface area contributed by atoms with Gasteiger partial charge in [0.25, 0.3) is 11.8 Å². The second-order valence-electron chi connectivity index (χ2n) is 11.1. The van der Waals surface area contributed by atoms with Gasteiger partial charge in [0.1, 0.15) is 29.4 Å². The maximum absolute atomic E-state index is 13.3. The van der Waals surface area contributed by atoms with Crippen molar-refractivity contribution in [2.45, 2.75) is 50.6 Å². The van der Waals surface area contributed by atoms with Gasteiger partial charge in [-0.2, -0.15) is 0 Å². The number of nitrogens with two attached hydrogens (primary N) is 1. The largest absolute Gasteiger partial charge is 0.478 e. The number of fused-ring (bicyclic) bond motifs is 1. The van der Waals surface area contributed by atoms with Crippen molar-refractivity contribution >= 4 is 63.6 Å². The van der Waals surface area contributed by atoms with Crippen LogP contribution in [0.3, 0.4) is 0 Å². The van der Waals surface area contributed by atoms with Crippen LogP contribution in [-0.2, 0) is 28.8 Å². The van der Waals surface area contributed by atoms with E-state index >= 15 is 0 Å². The van der Waals surface area contributed by atoms with Crippen molar-refractivity contribution in [2.75, 3.05) is 44.2 Å². The van der Waals surface area contributed by atoms with Crippen molar-refractivity contribution < 1.29 is 48.7 Å². The summed E-state index contributed by atoms with van der Waals surface area (Å²) in [6.07, 6.45) is 1.82. The Bertz CT molecular complexity index is 1390. The van der Waals surface area contributed by atoms with Gasteiger partial charge in [0, 0.05) is 36.5 Å². The van der Waals surface area contributed by atoms with Gasteiger partial charge >= 0.3 is 11.9 Å². The summed E-state index contributed by atoms with van der Waals surface area (Å²) in [6.45, 7) is 6.09. The number of rotatable bonds is 12. The highest BCUT2D eigenvalue weighted by atomic mass is 32.2. The number of carbonyl (C=O) groups excluding carboxylic acids is 3. The Morgan fingerprint density at radius 3 is 2.51 bits per heavy atom. The number of hydrogen-bond donors (Lipinski definition) is 5. The minimum atomic E-state index is -1.77. The number of aromatic nitrogens is 1. The van der Waals surface area contributed by atoms with Crippen LogP contribution in [0, 0.1) is 0 Å². The average molecular weight is 641 g/mol. The molecule has 234 valence electrons. The molecule has 1 aromatic heterocycles. The van der Waals surface area contributed by atoms with Crippen molar-refractivity contribution in [1.29, 1.82) is 0 Å². The molecule has 4 heterocycles. The molecule has 16 nitrogen and oxygen atoms in total. The van der Waals surface area contributed by atoms with E-state index in [-0.39, 0.29) is 28.8 Å². The van der Waals surface area contributed by atoms with E-state index in [9.17, 15) is 39.4 Å². The van der Waals surface area contributed by atoms with E-state index < -0.39 is 52.4 Å². The molecule has 0 unspecified atom stereocenters. The van der Waals surface area contributed by atoms with Crippen LogP contribution in [0.5, 0.6) is 0 Å². The minimum Gasteiger partial charge on any atom is -0.478 e. The van der Waals surface area contributed by atoms with Crippen LogP contribution in [0.4, 0.5) is 5.13 Å². The van der Waals surface area contributed by atoms with Crippen LogP contribution < -0.4 is 11.1 Å². The third-order valence-corrected chi connectivity index (χ3v) is 9.60. The standard InChI is InChI=1S/C25H33N7O9S2/c1-13(33)30(40)6-9-32(7-4-5-8-32)10-14-11-42-21-17(20(35)31(21)18(14)22(36)37)28-19(34)16(15-12-43-24(26)27-15)29-41-25(2,3)23(38)39/h12,17,21,40H,4-11H2,1-3H3,(H4-,26,27,28,34,36,37,38,39)/p+1/b29-16-/t17-,21-/m1/s1. The Kier molecular flexibility index (Phi) is 9.33. The van der Waals surface area contributed by atoms with Crippen LogP contribution in [0.25, 0.3) is 0 Å². The molecular weight excluding hydrogens is 606 g/mol. The van der Waals surface area contributed by atoms with Crippen LogP contribution in [0.2, 0.25) is 0 Å². The lowest BCUT2D eigenvalue weighted by Gasteiger charge is -2.50. The molecule has 2 atom stereocenters. The van der Waals surface area contributed by atoms with Crippen LogP contribution >= 0.6 is 23.1 Å². The molecule has 1 aromatic rings. The molecule has 0 aliphatic carbocycles. The molecule has 2 fully saturated rings. The van der Waals surface area contributed by atoms with Crippen molar-refractivity contribution in [2.24, 2.45) is 5.16 Å². The first kappa shape index (κ1) is 32.2. The average Bonchev–Trinajstić information content (AvgIpc) is 3.59. The van der Waals surface area contributed by atoms with Crippen LogP contribution in [-0.4, -0.2) is 126 Å². The van der Waals surface area contributed by atoms with Crippen molar-refractivity contribution in [3.05, 3.63) is 22.3 Å². The molecule has 0 saturated carbocycles. The number of nitrogen functional groups attached to an aromatic ring is 1. The summed E-state index contributed by atoms with van der Waals surface area (Å²) >= 11 is 2.32. The molecule has 3 amide bonds. The number of carboxylic acids is 2. The van der Waals surface area contributed by atoms with Gasteiger partial charge in [-0.05, 0) is 13.8 Å². The summed E-state index contributed by atoms with van der Waals surface area (Å²) in [5.74, 6) is -4.30. The van der Waals surface area contributed by atoms with E-state index in [2.05, 4.69) is 15.5 Å². The SMILES string of the molecule is CC(=O)N(O)CC[N+]1(CC2=C(C(=O)O)N3C(=O)[C@@H](NC(=O)/C(=N\OC(C)(C)C(=O)O)c4csc(N)n4)[C@H]3SC2)CCCC1. The summed E-state index contributed by atoms with van der Waals surface area (Å²) in [6, 6.07) is -1.09. The van der Waals surface area contributed by atoms with Gasteiger partial charge in [-0.15, -0.1) is 23.1 Å². The number of quaternary nitrogens is 1. The molecule has 43 heavy (non-hydrogen) atoms. The van der Waals surface area contributed by atoms with Crippen molar-refractivity contribution in [3.8, 4) is 0 Å². The predicted octanol–water partition coefficient (Wildman–Crippen LogP) is -0.104. The molecule has 0 radical (unpaired) electrons. The number of hydroxylamine groups is 2. The molecule has 3 aliphatic heterocycles. The number of likely N-dealkylation sites (tertiary alicyclic amines) is 1. The molecule has 18 heteroatoms. The van der Waals surface area contributed by atoms with Gasteiger partial charge in [0.15, 0.2) is 10.8 Å². The lowest BCUT2D eigenvalue weighted by Crippen LogP contribution is -2.71. The van der Waals surface area contributed by atoms with Gasteiger partial charge in [0.05, 0.1) is 26.2 Å². The first-order valence-corrected chi connectivity index (χ1v) is 15.3. The van der Waals surface area contributed by atoms with Crippen LogP contribution in [0.1, 0.15) is 39.3 Å². The molecule has 2 saturated heterocycles. The van der Waals surface area contributed by atoms with E-state index in [1.165, 1.54) is 42.8 Å². The monoisotopic (exact) mass is 640 g/mol. The number of nitrogens with zero attached hydrogens (tertiary/aromatic N) is 5. The number of thioether (sulfide) groups is 1. The van der Waals surface area contributed by atoms with Crippen molar-refractivity contribution in [1.82, 2.24) is 20.3 Å². The number of anilines is 1. The van der Waals surface area contributed by atoms with E-state index in [4.69, 9.17) is 10.6 Å². The highest BCUT2D eigenvalue weighted by Crippen LogP contribution is 2.41. The quantitative estimate of drug-likeness (QED) is 0.0664. The lowest BCUT2D eigenvalue weighted by molar-refractivity contribution is -0.912. The number of β-lactam (4-membered cyclic amide) rings is 1. The zero-order valence-corrected chi connectivity index (χ0v) is 25.4. The van der Waals surface area contributed by atoms with Gasteiger partial charge in [0.2, 0.25) is 11.5 Å². The molecule has 4 rings (SSSR count). The Morgan fingerprint density at radius 2 is 1.95 bits per heavy atom. The lowest BCUT2D eigenvalue weighted by atomic mass is 10.0. The number of hydrogen-bond acceptors (Lipinski definition) is 12. The third-order valence-electron chi connectivity index (χ3n) is 7.59. The van der Waals surface area contributed by atoms with Gasteiger partial charge in [-0.1, -0.05) is 5.16 Å². The molecule has 0 spiro atoms. The number of thiazole rings is 1. The topological polar surface area (TPSA) is 225 Å². The normalized spacial score (nSPS) is 21.6. The van der Waals surface area contributed by atoms with Gasteiger partial charge in [-0.25, -0.2) is 19.6 Å². The van der Waals surface area contributed by atoms with E-state index in [0.29, 0.717) is 28.2 Å². The smallest absolute Gasteiger partial charge is 0.352 e. The maximum atomic E-state index is 13.3. The minimum absolute atomic E-state index is 0.0142. The van der Waals surface area contributed by atoms with Crippen LogP contribution in [0.15, 0.2) is 21.8 Å². The summed E-state index contributed by atoms with van der Waals surface area (Å²) in [4.78, 5) is 72.3. The second kappa shape index (κ2) is 12.5. The fourth-order valence-corrected chi connectivity index (χ4v) is 7.03. The van der Waals surface area contributed by atoms with E-state index in [1.54, 1.807) is 0 Å². The molecular formula is C25H34N7O9S2+. The number of nitrogens with one attached hydrogen (secondary N) is 1. The highest BCUT2D eigenvalue weighted by Gasteiger charge is 2.55. The number of aliphatic carboxylic acids is 2. The molecule has 3 aliphatic rings. The van der Waals surface area contributed by atoms with Gasteiger partial charge in [-0.3, -0.25) is 24.5 Å². The Balaban J connectivity index is 1.53. The summed E-state index contributed by atoms with van der Waals surface area (Å²) in [5, 5.41) is 37.2. The zero-order chi connectivity index (χ0) is 31.7. The maximum Gasteiger partial charge on any atom is 0.352 e. The second-order valence-corrected chi connectivity index (χ2v) is 13.1. The third kappa shape index (κ3) is 6.76. The Morgan fingerprint density at radius 1 is 1.28 bits per heavy atom. The summed E-state index contributed by atoms with van der Waals surface area (Å²) in [7, 11) is 0. The number of carboxylic acid groups (broad SMARTS) is 2. The fourth-order valence-electron chi connectivity index (χ4n) is 5.15. The molecule has 6 N–H and O–H groups in total. The zero-order valence-electron chi connectivity index (χ0n) is 23.8. The molecule has 0 aromatic carbocycles. The first-order chi connectivity index (χ1) is 20.2. The number of carbonyl (C=O) groups is 5. The first-order valence-electron chi connectivity index (χ1n) is 13.4. The van der Waals surface area contributed by atoms with E-state index in [0.717, 1.165) is 37.3 Å². The highest BCUT2D eigenvalue weighted by molar-refractivity contribution is 8.00. The van der Waals surface area contributed by atoms with E-state index in [1.807, 2.05) is 0 Å². The molecule has 0 bridgehead atoms. The number of oxime groups is 1. The van der Waals surface area contributed by atoms with Gasteiger partial charge < -0.3 is 30.6 Å². The Labute approximate surface area is 254 Å². The fraction of sp³-hybridized carbons (Fsp3) is 0.560. The van der Waals surface area contributed by atoms with Crippen molar-refractivity contribution in [3.63, 3.8) is 0 Å².